The van der Waals surface area contributed by atoms with Crippen molar-refractivity contribution in [2.24, 2.45) is 11.7 Å². The second-order valence-electron chi connectivity index (χ2n) is 4.99. The molecule has 0 aliphatic heterocycles. The van der Waals surface area contributed by atoms with Gasteiger partial charge in [-0.05, 0) is 37.1 Å². The summed E-state index contributed by atoms with van der Waals surface area (Å²) in [6.07, 6.45) is 0.460. The number of aryl methyl sites for hydroxylation is 1. The lowest BCUT2D eigenvalue weighted by molar-refractivity contribution is -0.116. The zero-order valence-electron chi connectivity index (χ0n) is 11.7. The summed E-state index contributed by atoms with van der Waals surface area (Å²) in [4.78, 5) is 13.8. The molecule has 0 saturated heterocycles. The fourth-order valence-corrected chi connectivity index (χ4v) is 1.78. The fraction of sp³-hybridized carbons (Fsp3) is 0.500. The largest absolute Gasteiger partial charge is 0.377 e. The Morgan fingerprint density at radius 1 is 1.44 bits per heavy atom. The van der Waals surface area contributed by atoms with Gasteiger partial charge in [-0.3, -0.25) is 4.79 Å². The second-order valence-corrected chi connectivity index (χ2v) is 4.99. The molecular weight excluding hydrogens is 226 g/mol. The van der Waals surface area contributed by atoms with Crippen LogP contribution in [0.2, 0.25) is 0 Å². The van der Waals surface area contributed by atoms with E-state index in [1.54, 1.807) is 0 Å². The molecular formula is C14H23N3O. The molecule has 0 aliphatic carbocycles. The number of nitrogens with zero attached hydrogens (tertiary/aromatic N) is 1. The Morgan fingerprint density at radius 2 is 2.11 bits per heavy atom. The van der Waals surface area contributed by atoms with Crippen LogP contribution in [-0.4, -0.2) is 26.5 Å². The summed E-state index contributed by atoms with van der Waals surface area (Å²) in [5.74, 6) is 0.227. The zero-order chi connectivity index (χ0) is 13.7. The van der Waals surface area contributed by atoms with Gasteiger partial charge in [0.25, 0.3) is 0 Å². The van der Waals surface area contributed by atoms with Gasteiger partial charge >= 0.3 is 0 Å². The third-order valence-corrected chi connectivity index (χ3v) is 2.91. The lowest BCUT2D eigenvalue weighted by atomic mass is 10.1. The van der Waals surface area contributed by atoms with Gasteiger partial charge in [-0.25, -0.2) is 0 Å². The van der Waals surface area contributed by atoms with E-state index in [0.717, 1.165) is 11.4 Å². The third kappa shape index (κ3) is 4.04. The van der Waals surface area contributed by atoms with E-state index < -0.39 is 0 Å². The van der Waals surface area contributed by atoms with Crippen LogP contribution in [0, 0.1) is 12.8 Å². The van der Waals surface area contributed by atoms with Crippen LogP contribution in [0.25, 0.3) is 0 Å². The van der Waals surface area contributed by atoms with Crippen molar-refractivity contribution in [3.05, 3.63) is 23.8 Å². The molecule has 3 N–H and O–H groups in total. The lowest BCUT2D eigenvalue weighted by Gasteiger charge is -2.17. The topological polar surface area (TPSA) is 58.4 Å². The average molecular weight is 249 g/mol. The molecule has 0 bridgehead atoms. The van der Waals surface area contributed by atoms with E-state index in [1.807, 2.05) is 44.1 Å². The maximum absolute atomic E-state index is 11.8. The molecule has 18 heavy (non-hydrogen) atoms. The summed E-state index contributed by atoms with van der Waals surface area (Å²) in [7, 11) is 3.98. The molecule has 1 aromatic rings. The van der Waals surface area contributed by atoms with Crippen molar-refractivity contribution in [1.29, 1.82) is 0 Å². The van der Waals surface area contributed by atoms with Gasteiger partial charge in [0, 0.05) is 31.9 Å². The Bertz CT molecular complexity index is 416. The standard InChI is InChI=1S/C14H23N3O/c1-10(9-15)7-14(18)16-12-6-5-11(2)13(8-12)17(3)4/h5-6,8,10H,7,9,15H2,1-4H3,(H,16,18). The van der Waals surface area contributed by atoms with Crippen LogP contribution < -0.4 is 16.0 Å². The van der Waals surface area contributed by atoms with Gasteiger partial charge in [0.15, 0.2) is 0 Å². The minimum absolute atomic E-state index is 0.0153. The van der Waals surface area contributed by atoms with E-state index in [9.17, 15) is 4.79 Å². The maximum Gasteiger partial charge on any atom is 0.224 e. The Hall–Kier alpha value is -1.55. The number of hydrogen-bond acceptors (Lipinski definition) is 3. The normalized spacial score (nSPS) is 12.1. The van der Waals surface area contributed by atoms with Gasteiger partial charge in [0.05, 0.1) is 0 Å². The van der Waals surface area contributed by atoms with Crippen LogP contribution in [0.3, 0.4) is 0 Å². The quantitative estimate of drug-likeness (QED) is 0.839. The summed E-state index contributed by atoms with van der Waals surface area (Å²) in [5, 5.41) is 2.91. The third-order valence-electron chi connectivity index (χ3n) is 2.91. The Labute approximate surface area is 109 Å². The van der Waals surface area contributed by atoms with Crippen molar-refractivity contribution in [3.8, 4) is 0 Å². The van der Waals surface area contributed by atoms with Gasteiger partial charge in [0.2, 0.25) is 5.91 Å². The number of hydrogen-bond donors (Lipinski definition) is 2. The molecule has 1 rings (SSSR count). The van der Waals surface area contributed by atoms with Crippen LogP contribution in [0.1, 0.15) is 18.9 Å². The molecule has 0 radical (unpaired) electrons. The van der Waals surface area contributed by atoms with E-state index in [2.05, 4.69) is 12.2 Å². The van der Waals surface area contributed by atoms with E-state index in [-0.39, 0.29) is 11.8 Å². The van der Waals surface area contributed by atoms with Gasteiger partial charge in [-0.1, -0.05) is 13.0 Å². The van der Waals surface area contributed by atoms with Crippen molar-refractivity contribution >= 4 is 17.3 Å². The molecule has 1 unspecified atom stereocenters. The van der Waals surface area contributed by atoms with Crippen molar-refractivity contribution in [2.75, 3.05) is 30.9 Å². The molecule has 4 heteroatoms. The number of amides is 1. The predicted octanol–water partition coefficient (Wildman–Crippen LogP) is 1.98. The molecule has 1 aromatic carbocycles. The molecule has 1 atom stereocenters. The summed E-state index contributed by atoms with van der Waals surface area (Å²) >= 11 is 0. The summed E-state index contributed by atoms with van der Waals surface area (Å²) in [6.45, 7) is 4.56. The van der Waals surface area contributed by atoms with E-state index in [0.29, 0.717) is 13.0 Å². The van der Waals surface area contributed by atoms with Crippen LogP contribution in [0.15, 0.2) is 18.2 Å². The van der Waals surface area contributed by atoms with Crippen LogP contribution in [0.5, 0.6) is 0 Å². The van der Waals surface area contributed by atoms with Gasteiger partial charge < -0.3 is 16.0 Å². The first-order valence-electron chi connectivity index (χ1n) is 6.22. The number of nitrogens with two attached hydrogens (primary N) is 1. The number of carbonyl (C=O) groups excluding carboxylic acids is 1. The van der Waals surface area contributed by atoms with Crippen molar-refractivity contribution in [2.45, 2.75) is 20.3 Å². The molecule has 100 valence electrons. The molecule has 1 amide bonds. The molecule has 0 heterocycles. The predicted molar refractivity (Wildman–Crippen MR) is 77.0 cm³/mol. The lowest BCUT2D eigenvalue weighted by Crippen LogP contribution is -2.20. The van der Waals surface area contributed by atoms with E-state index in [4.69, 9.17) is 5.73 Å². The van der Waals surface area contributed by atoms with Gasteiger partial charge in [-0.15, -0.1) is 0 Å². The Morgan fingerprint density at radius 3 is 2.67 bits per heavy atom. The first-order valence-corrected chi connectivity index (χ1v) is 6.22. The van der Waals surface area contributed by atoms with Crippen molar-refractivity contribution < 1.29 is 4.79 Å². The van der Waals surface area contributed by atoms with Crippen molar-refractivity contribution in [1.82, 2.24) is 0 Å². The monoisotopic (exact) mass is 249 g/mol. The molecule has 0 saturated carbocycles. The fourth-order valence-electron chi connectivity index (χ4n) is 1.78. The van der Waals surface area contributed by atoms with Gasteiger partial charge in [0.1, 0.15) is 0 Å². The second kappa shape index (κ2) is 6.40. The Kier molecular flexibility index (Phi) is 5.16. The molecule has 0 aliphatic rings. The highest BCUT2D eigenvalue weighted by molar-refractivity contribution is 5.91. The Balaban J connectivity index is 2.73. The number of anilines is 2. The highest BCUT2D eigenvalue weighted by Gasteiger charge is 2.09. The molecule has 0 fully saturated rings. The van der Waals surface area contributed by atoms with Crippen LogP contribution in [0.4, 0.5) is 11.4 Å². The molecule has 0 spiro atoms. The van der Waals surface area contributed by atoms with Crippen molar-refractivity contribution in [3.63, 3.8) is 0 Å². The summed E-state index contributed by atoms with van der Waals surface area (Å²) in [5.41, 5.74) is 8.64. The van der Waals surface area contributed by atoms with E-state index in [1.165, 1.54) is 5.56 Å². The minimum Gasteiger partial charge on any atom is -0.377 e. The highest BCUT2D eigenvalue weighted by Crippen LogP contribution is 2.22. The minimum atomic E-state index is 0.0153. The van der Waals surface area contributed by atoms with E-state index >= 15 is 0 Å². The van der Waals surface area contributed by atoms with Gasteiger partial charge in [-0.2, -0.15) is 0 Å². The number of nitrogens with one attached hydrogen (secondary N) is 1. The van der Waals surface area contributed by atoms with Crippen LogP contribution in [-0.2, 0) is 4.79 Å². The number of rotatable bonds is 5. The maximum atomic E-state index is 11.8. The molecule has 0 aromatic heterocycles. The molecule has 4 nitrogen and oxygen atoms in total. The smallest absolute Gasteiger partial charge is 0.224 e. The SMILES string of the molecule is Cc1ccc(NC(=O)CC(C)CN)cc1N(C)C. The average Bonchev–Trinajstić information content (AvgIpc) is 2.31. The summed E-state index contributed by atoms with van der Waals surface area (Å²) < 4.78 is 0. The van der Waals surface area contributed by atoms with Crippen LogP contribution >= 0.6 is 0 Å². The number of carbonyl (C=O) groups is 1. The first-order chi connectivity index (χ1) is 8.43. The highest BCUT2D eigenvalue weighted by atomic mass is 16.1. The number of benzene rings is 1. The zero-order valence-corrected chi connectivity index (χ0v) is 11.7. The summed E-state index contributed by atoms with van der Waals surface area (Å²) in [6, 6.07) is 5.92. The first kappa shape index (κ1) is 14.5.